The van der Waals surface area contributed by atoms with E-state index < -0.39 is 0 Å². The van der Waals surface area contributed by atoms with Gasteiger partial charge in [-0.2, -0.15) is 0 Å². The van der Waals surface area contributed by atoms with Gasteiger partial charge in [-0.3, -0.25) is 0 Å². The molecule has 0 amide bonds. The van der Waals surface area contributed by atoms with Crippen LogP contribution in [0.4, 0.5) is 0 Å². The Kier molecular flexibility index (Phi) is 6.79. The van der Waals surface area contributed by atoms with Gasteiger partial charge in [0.15, 0.2) is 0 Å². The van der Waals surface area contributed by atoms with Crippen molar-refractivity contribution in [2.24, 2.45) is 5.41 Å². The van der Waals surface area contributed by atoms with E-state index in [9.17, 15) is 0 Å². The summed E-state index contributed by atoms with van der Waals surface area (Å²) in [7, 11) is 1.40. The van der Waals surface area contributed by atoms with Crippen LogP contribution in [0.1, 0.15) is 84.3 Å². The number of ether oxygens (including phenoxy) is 1. The van der Waals surface area contributed by atoms with Crippen LogP contribution in [0.2, 0.25) is 0 Å². The smallest absolute Gasteiger partial charge is 0.494 e. The summed E-state index contributed by atoms with van der Waals surface area (Å²) in [4.78, 5) is 0. The van der Waals surface area contributed by atoms with Crippen LogP contribution < -0.4 is 5.46 Å². The van der Waals surface area contributed by atoms with Crippen molar-refractivity contribution in [2.45, 2.75) is 90.8 Å². The van der Waals surface area contributed by atoms with Crippen molar-refractivity contribution >= 4 is 18.7 Å². The third-order valence-electron chi connectivity index (χ3n) is 8.57. The molecule has 4 heteroatoms. The number of fused-ring (bicyclic) bond motifs is 1. The molecule has 4 rings (SSSR count). The monoisotopic (exact) mass is 460 g/mol. The number of hydrogen-bond acceptors (Lipinski definition) is 3. The van der Waals surface area contributed by atoms with Crippen molar-refractivity contribution in [3.63, 3.8) is 0 Å². The highest BCUT2D eigenvalue weighted by atomic mass is 16.7. The molecule has 3 aliphatic rings. The third kappa shape index (κ3) is 4.72. The predicted molar refractivity (Wildman–Crippen MR) is 143 cm³/mol. The maximum atomic E-state index is 6.26. The molecule has 34 heavy (non-hydrogen) atoms. The Balaban J connectivity index is 1.57. The summed E-state index contributed by atoms with van der Waals surface area (Å²) in [6.45, 7) is 19.4. The van der Waals surface area contributed by atoms with Crippen molar-refractivity contribution < 1.29 is 14.0 Å². The fourth-order valence-corrected chi connectivity index (χ4v) is 5.46. The minimum Gasteiger partial charge on any atom is -0.497 e. The predicted octanol–water partition coefficient (Wildman–Crippen LogP) is 6.93. The molecule has 2 aliphatic carbocycles. The molecular weight excluding hydrogens is 419 g/mol. The lowest BCUT2D eigenvalue weighted by atomic mass is 9.69. The maximum Gasteiger partial charge on any atom is 0.494 e. The molecule has 0 N–H and O–H groups in total. The van der Waals surface area contributed by atoms with Crippen molar-refractivity contribution in [2.75, 3.05) is 7.11 Å². The first kappa shape index (κ1) is 25.1. The first-order chi connectivity index (χ1) is 16.0. The third-order valence-corrected chi connectivity index (χ3v) is 8.57. The van der Waals surface area contributed by atoms with Crippen LogP contribution in [0.5, 0.6) is 0 Å². The summed E-state index contributed by atoms with van der Waals surface area (Å²) in [6, 6.07) is 6.59. The second kappa shape index (κ2) is 9.20. The lowest BCUT2D eigenvalue weighted by Crippen LogP contribution is -2.41. The molecule has 0 radical (unpaired) electrons. The van der Waals surface area contributed by atoms with Crippen molar-refractivity contribution in [1.29, 1.82) is 0 Å². The van der Waals surface area contributed by atoms with Crippen LogP contribution in [0.25, 0.3) is 6.08 Å². The second-order valence-corrected chi connectivity index (χ2v) is 11.5. The Morgan fingerprint density at radius 1 is 0.971 bits per heavy atom. The topological polar surface area (TPSA) is 27.7 Å². The summed E-state index contributed by atoms with van der Waals surface area (Å²) < 4.78 is 18.1. The summed E-state index contributed by atoms with van der Waals surface area (Å²) in [5.41, 5.74) is 6.71. The van der Waals surface area contributed by atoms with Gasteiger partial charge >= 0.3 is 7.12 Å². The molecule has 0 bridgehead atoms. The number of aryl methyl sites for hydroxylation is 1. The van der Waals surface area contributed by atoms with Gasteiger partial charge in [0.25, 0.3) is 0 Å². The zero-order chi connectivity index (χ0) is 24.7. The standard InChI is InChI=1S/C30H41BO3/c1-21(18-27(22(2)32-8)30(7)16-10-9-11-17-30)23-12-13-25-20-26(15-14-24(25)19-23)31-33-28(3,4)29(5,6)34-31/h14-15,18-20H,1-2,9-13,16-17H2,3-8H3/b27-18+. The number of rotatable bonds is 6. The highest BCUT2D eigenvalue weighted by Gasteiger charge is 2.51. The van der Waals surface area contributed by atoms with Gasteiger partial charge in [0.05, 0.1) is 18.3 Å². The van der Waals surface area contributed by atoms with Crippen LogP contribution in [0.3, 0.4) is 0 Å². The molecule has 1 heterocycles. The molecule has 2 fully saturated rings. The number of benzene rings is 1. The largest absolute Gasteiger partial charge is 0.497 e. The van der Waals surface area contributed by atoms with Crippen LogP contribution in [0.15, 0.2) is 59.9 Å². The van der Waals surface area contributed by atoms with E-state index in [0.717, 1.165) is 29.6 Å². The highest BCUT2D eigenvalue weighted by molar-refractivity contribution is 6.62. The van der Waals surface area contributed by atoms with Crippen molar-refractivity contribution in [3.05, 3.63) is 71.0 Å². The summed E-state index contributed by atoms with van der Waals surface area (Å²) in [5.74, 6) is 0.773. The van der Waals surface area contributed by atoms with Gasteiger partial charge in [-0.05, 0) is 98.2 Å². The Labute approximate surface area is 207 Å². The van der Waals surface area contributed by atoms with Gasteiger partial charge in [0.2, 0.25) is 0 Å². The number of hydrogen-bond donors (Lipinski definition) is 0. The average Bonchev–Trinajstić information content (AvgIpc) is 3.03. The van der Waals surface area contributed by atoms with Gasteiger partial charge in [-0.25, -0.2) is 0 Å². The van der Waals surface area contributed by atoms with Gasteiger partial charge in [0, 0.05) is 0 Å². The van der Waals surface area contributed by atoms with E-state index in [1.807, 2.05) is 0 Å². The van der Waals surface area contributed by atoms with E-state index in [-0.39, 0.29) is 23.7 Å². The Bertz CT molecular complexity index is 1020. The Morgan fingerprint density at radius 3 is 2.24 bits per heavy atom. The average molecular weight is 460 g/mol. The minimum absolute atomic E-state index is 0.110. The van der Waals surface area contributed by atoms with E-state index in [1.165, 1.54) is 54.4 Å². The molecule has 1 aromatic carbocycles. The van der Waals surface area contributed by atoms with E-state index >= 15 is 0 Å². The molecule has 0 atom stereocenters. The fraction of sp³-hybridized carbons (Fsp3) is 0.533. The van der Waals surface area contributed by atoms with E-state index in [0.29, 0.717) is 0 Å². The van der Waals surface area contributed by atoms with E-state index in [1.54, 1.807) is 7.11 Å². The number of allylic oxidation sites excluding steroid dienone is 4. The van der Waals surface area contributed by atoms with Gasteiger partial charge < -0.3 is 14.0 Å². The van der Waals surface area contributed by atoms with Crippen molar-refractivity contribution in [1.82, 2.24) is 0 Å². The summed E-state index contributed by atoms with van der Waals surface area (Å²) in [5, 5.41) is 0. The molecule has 3 nitrogen and oxygen atoms in total. The van der Waals surface area contributed by atoms with Crippen LogP contribution >= 0.6 is 0 Å². The first-order valence-electron chi connectivity index (χ1n) is 12.8. The zero-order valence-electron chi connectivity index (χ0n) is 22.1. The van der Waals surface area contributed by atoms with E-state index in [4.69, 9.17) is 14.0 Å². The normalized spacial score (nSPS) is 23.2. The Morgan fingerprint density at radius 2 is 1.62 bits per heavy atom. The molecular formula is C30H41BO3. The SMILES string of the molecule is C=C(/C=C(\C(=C)OC)C1(C)CCCCC1)C1=Cc2ccc(B3OC(C)(C)C(C)(C)O3)cc2CC1. The molecule has 0 spiro atoms. The molecule has 0 aromatic heterocycles. The maximum absolute atomic E-state index is 6.26. The quantitative estimate of drug-likeness (QED) is 0.262. The fourth-order valence-electron chi connectivity index (χ4n) is 5.46. The molecule has 1 saturated heterocycles. The zero-order valence-corrected chi connectivity index (χ0v) is 22.1. The molecule has 1 aromatic rings. The van der Waals surface area contributed by atoms with Gasteiger partial charge in [-0.15, -0.1) is 0 Å². The molecule has 1 saturated carbocycles. The van der Waals surface area contributed by atoms with Crippen LogP contribution in [-0.2, 0) is 20.5 Å². The first-order valence-corrected chi connectivity index (χ1v) is 12.8. The lowest BCUT2D eigenvalue weighted by molar-refractivity contribution is 0.00578. The lowest BCUT2D eigenvalue weighted by Gasteiger charge is -2.36. The van der Waals surface area contributed by atoms with Crippen molar-refractivity contribution in [3.8, 4) is 0 Å². The van der Waals surface area contributed by atoms with E-state index in [2.05, 4.69) is 78.1 Å². The Hall–Kier alpha value is -2.04. The molecule has 1 aliphatic heterocycles. The molecule has 182 valence electrons. The second-order valence-electron chi connectivity index (χ2n) is 11.5. The van der Waals surface area contributed by atoms with Gasteiger partial charge in [-0.1, -0.05) is 63.6 Å². The van der Waals surface area contributed by atoms with Crippen LogP contribution in [-0.4, -0.2) is 25.4 Å². The number of methoxy groups -OCH3 is 1. The van der Waals surface area contributed by atoms with Gasteiger partial charge in [0.1, 0.15) is 5.76 Å². The summed E-state index contributed by atoms with van der Waals surface area (Å²) in [6.07, 6.45) is 12.7. The molecule has 0 unspecified atom stereocenters. The highest BCUT2D eigenvalue weighted by Crippen LogP contribution is 2.45. The summed E-state index contributed by atoms with van der Waals surface area (Å²) >= 11 is 0. The van der Waals surface area contributed by atoms with Crippen LogP contribution in [0, 0.1) is 5.41 Å². The minimum atomic E-state index is -0.330.